The van der Waals surface area contributed by atoms with Crippen molar-refractivity contribution in [2.24, 2.45) is 0 Å². The molecule has 0 fully saturated rings. The molecule has 0 bridgehead atoms. The number of ether oxygens (including phenoxy) is 1. The molecule has 0 atom stereocenters. The third kappa shape index (κ3) is 3.09. The molecular formula is C8H5BrF3NO3. The number of halogens is 4. The molecule has 0 heterocycles. The molecule has 0 amide bonds. The molecule has 4 nitrogen and oxygen atoms in total. The van der Waals surface area contributed by atoms with E-state index < -0.39 is 22.7 Å². The largest absolute Gasteiger partial charge is 0.573 e. The Morgan fingerprint density at radius 3 is 2.44 bits per heavy atom. The molecule has 1 aromatic carbocycles. The zero-order valence-electron chi connectivity index (χ0n) is 7.84. The monoisotopic (exact) mass is 299 g/mol. The van der Waals surface area contributed by atoms with Crippen molar-refractivity contribution in [1.29, 1.82) is 0 Å². The number of alkyl halides is 3. The Hall–Kier alpha value is -1.31. The van der Waals surface area contributed by atoms with Gasteiger partial charge in [0.1, 0.15) is 0 Å². The lowest BCUT2D eigenvalue weighted by atomic mass is 10.2. The van der Waals surface area contributed by atoms with Crippen molar-refractivity contribution in [3.63, 3.8) is 0 Å². The Morgan fingerprint density at radius 2 is 2.00 bits per heavy atom. The summed E-state index contributed by atoms with van der Waals surface area (Å²) in [6, 6.07) is 2.31. The van der Waals surface area contributed by atoms with E-state index in [0.29, 0.717) is 5.56 Å². The predicted molar refractivity (Wildman–Crippen MR) is 52.2 cm³/mol. The maximum atomic E-state index is 12.0. The lowest BCUT2D eigenvalue weighted by Crippen LogP contribution is -2.18. The van der Waals surface area contributed by atoms with Gasteiger partial charge in [-0.05, 0) is 34.5 Å². The first-order valence-corrected chi connectivity index (χ1v) is 4.70. The molecule has 0 N–H and O–H groups in total. The highest BCUT2D eigenvalue weighted by atomic mass is 79.9. The summed E-state index contributed by atoms with van der Waals surface area (Å²) < 4.78 is 39.5. The van der Waals surface area contributed by atoms with Gasteiger partial charge < -0.3 is 4.74 Å². The predicted octanol–water partition coefficient (Wildman–Crippen LogP) is 3.56. The number of hydrogen-bond donors (Lipinski definition) is 0. The number of nitro groups is 1. The molecule has 0 aliphatic heterocycles. The van der Waals surface area contributed by atoms with Crippen LogP contribution < -0.4 is 4.74 Å². The molecule has 0 saturated heterocycles. The van der Waals surface area contributed by atoms with Crippen LogP contribution in [0.2, 0.25) is 0 Å². The van der Waals surface area contributed by atoms with Crippen LogP contribution in [-0.4, -0.2) is 11.3 Å². The van der Waals surface area contributed by atoms with Crippen LogP contribution >= 0.6 is 15.9 Å². The van der Waals surface area contributed by atoms with Crippen LogP contribution in [0.1, 0.15) is 5.56 Å². The molecule has 88 valence electrons. The van der Waals surface area contributed by atoms with E-state index >= 15 is 0 Å². The van der Waals surface area contributed by atoms with Gasteiger partial charge in [-0.15, -0.1) is 13.2 Å². The standard InChI is InChI=1S/C8H5BrF3NO3/c1-4-2-5(9)7(16-8(10,11)12)6(3-4)13(14)15/h2-3H,1H3. The van der Waals surface area contributed by atoms with Crippen molar-refractivity contribution in [3.8, 4) is 5.75 Å². The highest BCUT2D eigenvalue weighted by molar-refractivity contribution is 9.10. The van der Waals surface area contributed by atoms with E-state index in [9.17, 15) is 23.3 Å². The molecule has 1 rings (SSSR count). The summed E-state index contributed by atoms with van der Waals surface area (Å²) in [6.07, 6.45) is -4.97. The lowest BCUT2D eigenvalue weighted by molar-refractivity contribution is -0.388. The average Bonchev–Trinajstić information content (AvgIpc) is 2.07. The molecule has 16 heavy (non-hydrogen) atoms. The average molecular weight is 300 g/mol. The molecule has 8 heteroatoms. The zero-order chi connectivity index (χ0) is 12.5. The van der Waals surface area contributed by atoms with Gasteiger partial charge in [-0.2, -0.15) is 0 Å². The first-order valence-electron chi connectivity index (χ1n) is 3.91. The lowest BCUT2D eigenvalue weighted by Gasteiger charge is -2.11. The van der Waals surface area contributed by atoms with Gasteiger partial charge in [0.2, 0.25) is 5.75 Å². The highest BCUT2D eigenvalue weighted by Gasteiger charge is 2.35. The summed E-state index contributed by atoms with van der Waals surface area (Å²) in [7, 11) is 0. The SMILES string of the molecule is Cc1cc(Br)c(OC(F)(F)F)c([N+](=O)[O-])c1. The minimum Gasteiger partial charge on any atom is -0.397 e. The Kier molecular flexibility index (Phi) is 3.41. The van der Waals surface area contributed by atoms with E-state index in [-0.39, 0.29) is 4.47 Å². The van der Waals surface area contributed by atoms with Gasteiger partial charge in [0, 0.05) is 6.07 Å². The first kappa shape index (κ1) is 12.8. The molecule has 0 spiro atoms. The Labute approximate surface area is 96.3 Å². The fraction of sp³-hybridized carbons (Fsp3) is 0.250. The Balaban J connectivity index is 3.30. The second-order valence-corrected chi connectivity index (χ2v) is 3.75. The van der Waals surface area contributed by atoms with Gasteiger partial charge in [0.25, 0.3) is 0 Å². The van der Waals surface area contributed by atoms with E-state index in [1.807, 2.05) is 0 Å². The molecule has 0 aliphatic rings. The van der Waals surface area contributed by atoms with Gasteiger partial charge in [-0.3, -0.25) is 10.1 Å². The smallest absolute Gasteiger partial charge is 0.397 e. The minimum atomic E-state index is -4.97. The van der Waals surface area contributed by atoms with Gasteiger partial charge in [0.05, 0.1) is 9.40 Å². The molecule has 1 aromatic rings. The van der Waals surface area contributed by atoms with Gasteiger partial charge in [-0.1, -0.05) is 0 Å². The van der Waals surface area contributed by atoms with Gasteiger partial charge >= 0.3 is 12.0 Å². The first-order chi connectivity index (χ1) is 7.20. The van der Waals surface area contributed by atoms with Crippen LogP contribution in [-0.2, 0) is 0 Å². The number of nitro benzene ring substituents is 1. The van der Waals surface area contributed by atoms with Crippen LogP contribution in [0.25, 0.3) is 0 Å². The van der Waals surface area contributed by atoms with Crippen molar-refractivity contribution in [3.05, 3.63) is 32.3 Å². The van der Waals surface area contributed by atoms with Crippen molar-refractivity contribution < 1.29 is 22.8 Å². The van der Waals surface area contributed by atoms with E-state index in [0.717, 1.165) is 6.07 Å². The Bertz CT molecular complexity index is 433. The summed E-state index contributed by atoms with van der Waals surface area (Å²) in [5.41, 5.74) is -0.280. The minimum absolute atomic E-state index is 0.114. The summed E-state index contributed by atoms with van der Waals surface area (Å²) in [5.74, 6) is -0.844. The summed E-state index contributed by atoms with van der Waals surface area (Å²) in [6.45, 7) is 1.52. The quantitative estimate of drug-likeness (QED) is 0.620. The summed E-state index contributed by atoms with van der Waals surface area (Å²) in [5, 5.41) is 10.5. The third-order valence-electron chi connectivity index (χ3n) is 1.58. The number of hydrogen-bond acceptors (Lipinski definition) is 3. The van der Waals surface area contributed by atoms with Crippen LogP contribution in [0.15, 0.2) is 16.6 Å². The molecule has 0 saturated carbocycles. The fourth-order valence-electron chi connectivity index (χ4n) is 1.06. The molecule has 0 aromatic heterocycles. The van der Waals surface area contributed by atoms with Gasteiger partial charge in [0.15, 0.2) is 0 Å². The van der Waals surface area contributed by atoms with E-state index in [2.05, 4.69) is 20.7 Å². The normalized spacial score (nSPS) is 11.3. The van der Waals surface area contributed by atoms with E-state index in [4.69, 9.17) is 0 Å². The molecule has 0 aliphatic carbocycles. The number of rotatable bonds is 2. The maximum Gasteiger partial charge on any atom is 0.573 e. The van der Waals surface area contributed by atoms with Crippen molar-refractivity contribution in [1.82, 2.24) is 0 Å². The fourth-order valence-corrected chi connectivity index (χ4v) is 1.71. The highest BCUT2D eigenvalue weighted by Crippen LogP contribution is 2.39. The van der Waals surface area contributed by atoms with Crippen LogP contribution in [0, 0.1) is 17.0 Å². The van der Waals surface area contributed by atoms with Gasteiger partial charge in [-0.25, -0.2) is 0 Å². The molecular weight excluding hydrogens is 295 g/mol. The second kappa shape index (κ2) is 4.28. The van der Waals surface area contributed by atoms with Crippen LogP contribution in [0.4, 0.5) is 18.9 Å². The maximum absolute atomic E-state index is 12.0. The van der Waals surface area contributed by atoms with Crippen molar-refractivity contribution in [2.75, 3.05) is 0 Å². The number of nitrogens with zero attached hydrogens (tertiary/aromatic N) is 1. The van der Waals surface area contributed by atoms with E-state index in [1.54, 1.807) is 0 Å². The zero-order valence-corrected chi connectivity index (χ0v) is 9.42. The number of aryl methyl sites for hydroxylation is 1. The van der Waals surface area contributed by atoms with Crippen molar-refractivity contribution in [2.45, 2.75) is 13.3 Å². The third-order valence-corrected chi connectivity index (χ3v) is 2.17. The van der Waals surface area contributed by atoms with Crippen LogP contribution in [0.3, 0.4) is 0 Å². The number of benzene rings is 1. The molecule has 0 unspecified atom stereocenters. The topological polar surface area (TPSA) is 52.4 Å². The van der Waals surface area contributed by atoms with Crippen LogP contribution in [0.5, 0.6) is 5.75 Å². The summed E-state index contributed by atoms with van der Waals surface area (Å²) in [4.78, 5) is 9.62. The van der Waals surface area contributed by atoms with E-state index in [1.165, 1.54) is 13.0 Å². The molecule has 0 radical (unpaired) electrons. The van der Waals surface area contributed by atoms with Crippen molar-refractivity contribution >= 4 is 21.6 Å². The Morgan fingerprint density at radius 1 is 1.44 bits per heavy atom. The second-order valence-electron chi connectivity index (χ2n) is 2.90. The summed E-state index contributed by atoms with van der Waals surface area (Å²) >= 11 is 2.79.